The van der Waals surface area contributed by atoms with Crippen LogP contribution in [0.2, 0.25) is 0 Å². The molecule has 3 N–H and O–H groups in total. The quantitative estimate of drug-likeness (QED) is 0.670. The van der Waals surface area contributed by atoms with Gasteiger partial charge in [-0.2, -0.15) is 0 Å². The van der Waals surface area contributed by atoms with Crippen molar-refractivity contribution < 1.29 is 0 Å². The molecule has 96 valence electrons. The van der Waals surface area contributed by atoms with E-state index < -0.39 is 0 Å². The van der Waals surface area contributed by atoms with Gasteiger partial charge in [0.1, 0.15) is 18.0 Å². The van der Waals surface area contributed by atoms with Gasteiger partial charge in [-0.3, -0.25) is 0 Å². The molecule has 0 fully saturated rings. The molecule has 17 heavy (non-hydrogen) atoms. The summed E-state index contributed by atoms with van der Waals surface area (Å²) < 4.78 is 0. The highest BCUT2D eigenvalue weighted by Gasteiger charge is 2.02. The summed E-state index contributed by atoms with van der Waals surface area (Å²) in [5.41, 5.74) is 5.52. The van der Waals surface area contributed by atoms with E-state index in [1.54, 1.807) is 6.33 Å². The van der Waals surface area contributed by atoms with Crippen LogP contribution in [-0.4, -0.2) is 36.6 Å². The van der Waals surface area contributed by atoms with E-state index >= 15 is 0 Å². The molecule has 1 rings (SSSR count). The van der Waals surface area contributed by atoms with Gasteiger partial charge in [0.2, 0.25) is 0 Å². The molecule has 0 aromatic carbocycles. The van der Waals surface area contributed by atoms with Gasteiger partial charge in [0.15, 0.2) is 0 Å². The van der Waals surface area contributed by atoms with Gasteiger partial charge >= 0.3 is 0 Å². The smallest absolute Gasteiger partial charge is 0.133 e. The van der Waals surface area contributed by atoms with Crippen molar-refractivity contribution in [2.24, 2.45) is 5.73 Å². The molecule has 0 amide bonds. The van der Waals surface area contributed by atoms with Crippen LogP contribution in [0.4, 0.5) is 11.6 Å². The van der Waals surface area contributed by atoms with Gasteiger partial charge < -0.3 is 16.0 Å². The number of nitrogens with two attached hydrogens (primary N) is 1. The Bertz CT molecular complexity index is 316. The Balaban J connectivity index is 2.47. The highest BCUT2D eigenvalue weighted by atomic mass is 15.2. The van der Waals surface area contributed by atoms with Crippen molar-refractivity contribution >= 4 is 11.6 Å². The summed E-state index contributed by atoms with van der Waals surface area (Å²) in [5.74, 6) is 1.79. The highest BCUT2D eigenvalue weighted by Crippen LogP contribution is 2.12. The van der Waals surface area contributed by atoms with E-state index in [9.17, 15) is 0 Å². The number of nitrogens with one attached hydrogen (secondary N) is 1. The predicted octanol–water partition coefficient (Wildman–Crippen LogP) is 1.47. The van der Waals surface area contributed by atoms with E-state index in [0.29, 0.717) is 6.54 Å². The second-order valence-corrected chi connectivity index (χ2v) is 4.11. The summed E-state index contributed by atoms with van der Waals surface area (Å²) >= 11 is 0. The lowest BCUT2D eigenvalue weighted by atomic mass is 10.2. The fourth-order valence-electron chi connectivity index (χ4n) is 1.55. The van der Waals surface area contributed by atoms with Crippen LogP contribution in [-0.2, 0) is 0 Å². The van der Waals surface area contributed by atoms with Crippen molar-refractivity contribution in [2.75, 3.05) is 36.9 Å². The average Bonchev–Trinajstić information content (AvgIpc) is 2.35. The summed E-state index contributed by atoms with van der Waals surface area (Å²) in [4.78, 5) is 10.4. The number of hydrogen-bond acceptors (Lipinski definition) is 5. The number of hydrogen-bond donors (Lipinski definition) is 2. The summed E-state index contributed by atoms with van der Waals surface area (Å²) in [7, 11) is 1.98. The first-order chi connectivity index (χ1) is 8.27. The summed E-state index contributed by atoms with van der Waals surface area (Å²) in [5, 5.41) is 3.31. The van der Waals surface area contributed by atoms with Crippen LogP contribution in [0.1, 0.15) is 26.2 Å². The molecule has 0 aliphatic rings. The second-order valence-electron chi connectivity index (χ2n) is 4.11. The molecule has 5 heteroatoms. The first kappa shape index (κ1) is 13.7. The maximum absolute atomic E-state index is 5.52. The maximum Gasteiger partial charge on any atom is 0.133 e. The third-order valence-electron chi connectivity index (χ3n) is 2.59. The van der Waals surface area contributed by atoms with Crippen LogP contribution >= 0.6 is 0 Å². The van der Waals surface area contributed by atoms with Gasteiger partial charge in [0.25, 0.3) is 0 Å². The third kappa shape index (κ3) is 4.99. The first-order valence-corrected chi connectivity index (χ1v) is 6.25. The van der Waals surface area contributed by atoms with Crippen molar-refractivity contribution in [1.29, 1.82) is 0 Å². The molecule has 1 aromatic heterocycles. The Morgan fingerprint density at radius 3 is 2.88 bits per heavy atom. The largest absolute Gasteiger partial charge is 0.370 e. The molecule has 1 aromatic rings. The van der Waals surface area contributed by atoms with Crippen molar-refractivity contribution in [2.45, 2.75) is 26.2 Å². The van der Waals surface area contributed by atoms with Crippen molar-refractivity contribution in [3.05, 3.63) is 12.4 Å². The Labute approximate surface area is 103 Å². The molecule has 0 atom stereocenters. The number of rotatable bonds is 8. The minimum atomic E-state index is 0.625. The zero-order chi connectivity index (χ0) is 12.5. The maximum atomic E-state index is 5.52. The van der Waals surface area contributed by atoms with Gasteiger partial charge in [0, 0.05) is 32.7 Å². The lowest BCUT2D eigenvalue weighted by Crippen LogP contribution is -2.25. The van der Waals surface area contributed by atoms with Crippen LogP contribution in [0.25, 0.3) is 0 Å². The zero-order valence-corrected chi connectivity index (χ0v) is 10.8. The van der Waals surface area contributed by atoms with Crippen molar-refractivity contribution in [3.8, 4) is 0 Å². The molecule has 5 nitrogen and oxygen atoms in total. The molecule has 1 heterocycles. The number of likely N-dealkylation sites (N-methyl/N-ethyl adjacent to an activating group) is 1. The van der Waals surface area contributed by atoms with E-state index in [2.05, 4.69) is 22.2 Å². The fourth-order valence-corrected chi connectivity index (χ4v) is 1.55. The molecule has 0 aliphatic carbocycles. The monoisotopic (exact) mass is 237 g/mol. The molecule has 0 unspecified atom stereocenters. The van der Waals surface area contributed by atoms with E-state index in [0.717, 1.165) is 24.7 Å². The van der Waals surface area contributed by atoms with Gasteiger partial charge in [-0.25, -0.2) is 9.97 Å². The minimum Gasteiger partial charge on any atom is -0.370 e. The van der Waals surface area contributed by atoms with E-state index in [4.69, 9.17) is 5.73 Å². The summed E-state index contributed by atoms with van der Waals surface area (Å²) in [6, 6.07) is 1.96. The van der Waals surface area contributed by atoms with Crippen LogP contribution in [0.3, 0.4) is 0 Å². The Hall–Kier alpha value is -1.36. The van der Waals surface area contributed by atoms with Crippen molar-refractivity contribution in [3.63, 3.8) is 0 Å². The molecule has 0 saturated carbocycles. The van der Waals surface area contributed by atoms with Crippen LogP contribution in [0.5, 0.6) is 0 Å². The Morgan fingerprint density at radius 2 is 2.18 bits per heavy atom. The molecular formula is C12H23N5. The summed E-state index contributed by atoms with van der Waals surface area (Å²) in [6.45, 7) is 4.58. The molecule has 0 spiro atoms. The molecule has 0 saturated heterocycles. The topological polar surface area (TPSA) is 67.1 Å². The summed E-state index contributed by atoms with van der Waals surface area (Å²) in [6.07, 6.45) is 5.24. The van der Waals surface area contributed by atoms with Gasteiger partial charge in [-0.05, 0) is 6.42 Å². The first-order valence-electron chi connectivity index (χ1n) is 6.25. The normalized spacial score (nSPS) is 10.3. The predicted molar refractivity (Wildman–Crippen MR) is 72.4 cm³/mol. The van der Waals surface area contributed by atoms with Crippen LogP contribution < -0.4 is 16.0 Å². The zero-order valence-electron chi connectivity index (χ0n) is 10.8. The average molecular weight is 237 g/mol. The highest BCUT2D eigenvalue weighted by molar-refractivity contribution is 5.47. The number of nitrogens with zero attached hydrogens (tertiary/aromatic N) is 3. The van der Waals surface area contributed by atoms with Gasteiger partial charge in [0.05, 0.1) is 0 Å². The molecule has 0 aliphatic heterocycles. The van der Waals surface area contributed by atoms with Crippen LogP contribution in [0.15, 0.2) is 12.4 Å². The van der Waals surface area contributed by atoms with Crippen LogP contribution in [0, 0.1) is 0 Å². The fraction of sp³-hybridized carbons (Fsp3) is 0.667. The number of anilines is 2. The molecule has 0 radical (unpaired) electrons. The van der Waals surface area contributed by atoms with Gasteiger partial charge in [-0.15, -0.1) is 0 Å². The Morgan fingerprint density at radius 1 is 1.35 bits per heavy atom. The molecular weight excluding hydrogens is 214 g/mol. The standard InChI is InChI=1S/C12H23N5/c1-3-4-5-7-14-11-9-12(16-10-15-11)17(2)8-6-13/h9-10H,3-8,13H2,1-2H3,(H,14,15,16). The third-order valence-corrected chi connectivity index (χ3v) is 2.59. The Kier molecular flexibility index (Phi) is 6.32. The van der Waals surface area contributed by atoms with E-state index in [-0.39, 0.29) is 0 Å². The second kappa shape index (κ2) is 7.84. The lowest BCUT2D eigenvalue weighted by Gasteiger charge is -2.17. The van der Waals surface area contributed by atoms with E-state index in [1.165, 1.54) is 19.3 Å². The van der Waals surface area contributed by atoms with Crippen molar-refractivity contribution in [1.82, 2.24) is 9.97 Å². The minimum absolute atomic E-state index is 0.625. The number of unbranched alkanes of at least 4 members (excludes halogenated alkanes) is 2. The SMILES string of the molecule is CCCCCNc1cc(N(C)CCN)ncn1. The number of aromatic nitrogens is 2. The van der Waals surface area contributed by atoms with Gasteiger partial charge in [-0.1, -0.05) is 19.8 Å². The molecule has 0 bridgehead atoms. The lowest BCUT2D eigenvalue weighted by molar-refractivity contribution is 0.742. The van der Waals surface area contributed by atoms with E-state index in [1.807, 2.05) is 18.0 Å².